The molecular formula is C12H16ClO2P. The molecule has 0 amide bonds. The molecule has 0 saturated heterocycles. The van der Waals surface area contributed by atoms with Crippen LogP contribution in [0.25, 0.3) is 0 Å². The minimum Gasteiger partial charge on any atom is -0.496 e. The summed E-state index contributed by atoms with van der Waals surface area (Å²) in [5, 5.41) is 0.468. The smallest absolute Gasteiger partial charge is 0.168 e. The van der Waals surface area contributed by atoms with E-state index >= 15 is 0 Å². The zero-order valence-electron chi connectivity index (χ0n) is 9.33. The molecule has 0 heterocycles. The van der Waals surface area contributed by atoms with E-state index in [2.05, 4.69) is 9.24 Å². The number of unbranched alkanes of at least 4 members (excludes halogenated alkanes) is 1. The minimum atomic E-state index is 0.0564. The molecular weight excluding hydrogens is 243 g/mol. The predicted octanol–water partition coefficient (Wildman–Crippen LogP) is 3.58. The Labute approximate surface area is 104 Å². The summed E-state index contributed by atoms with van der Waals surface area (Å²) in [6.45, 7) is 0. The fraction of sp³-hybridized carbons (Fsp3) is 0.417. The third kappa shape index (κ3) is 3.47. The summed E-state index contributed by atoms with van der Waals surface area (Å²) in [7, 11) is 4.20. The van der Waals surface area contributed by atoms with Crippen LogP contribution in [0.4, 0.5) is 0 Å². The number of ketones is 1. The number of hydrogen-bond acceptors (Lipinski definition) is 2. The minimum absolute atomic E-state index is 0.0564. The first-order chi connectivity index (χ1) is 7.70. The molecule has 1 aromatic carbocycles. The topological polar surface area (TPSA) is 26.3 Å². The highest BCUT2D eigenvalue weighted by Crippen LogP contribution is 2.27. The molecule has 0 saturated carbocycles. The zero-order valence-corrected chi connectivity index (χ0v) is 11.2. The monoisotopic (exact) mass is 258 g/mol. The van der Waals surface area contributed by atoms with Gasteiger partial charge >= 0.3 is 0 Å². The van der Waals surface area contributed by atoms with Crippen LogP contribution >= 0.6 is 20.8 Å². The Morgan fingerprint density at radius 2 is 2.19 bits per heavy atom. The first-order valence-corrected chi connectivity index (χ1v) is 6.46. The molecule has 1 rings (SSSR count). The lowest BCUT2D eigenvalue weighted by Crippen LogP contribution is -2.03. The number of Topliss-reactive ketones (excluding diaryl/α,β-unsaturated/α-hetero) is 1. The summed E-state index contributed by atoms with van der Waals surface area (Å²) in [4.78, 5) is 11.9. The largest absolute Gasteiger partial charge is 0.496 e. The molecule has 4 heteroatoms. The second-order valence-electron chi connectivity index (χ2n) is 3.49. The molecule has 1 aromatic rings. The van der Waals surface area contributed by atoms with Crippen LogP contribution in [0.5, 0.6) is 5.75 Å². The van der Waals surface area contributed by atoms with Gasteiger partial charge in [-0.25, -0.2) is 0 Å². The number of halogens is 1. The van der Waals surface area contributed by atoms with Crippen molar-refractivity contribution in [2.24, 2.45) is 0 Å². The Balaban J connectivity index is 2.81. The van der Waals surface area contributed by atoms with E-state index in [0.29, 0.717) is 22.8 Å². The number of rotatable bonds is 6. The van der Waals surface area contributed by atoms with E-state index in [1.54, 1.807) is 25.3 Å². The lowest BCUT2D eigenvalue weighted by atomic mass is 10.0. The fourth-order valence-corrected chi connectivity index (χ4v) is 2.06. The average molecular weight is 259 g/mol. The third-order valence-electron chi connectivity index (χ3n) is 2.33. The second-order valence-corrected chi connectivity index (χ2v) is 4.47. The second kappa shape index (κ2) is 6.88. The van der Waals surface area contributed by atoms with Crippen molar-refractivity contribution in [1.29, 1.82) is 0 Å². The van der Waals surface area contributed by atoms with Gasteiger partial charge in [-0.2, -0.15) is 0 Å². The van der Waals surface area contributed by atoms with Crippen molar-refractivity contribution in [3.63, 3.8) is 0 Å². The fourth-order valence-electron chi connectivity index (χ4n) is 1.50. The summed E-state index contributed by atoms with van der Waals surface area (Å²) in [6.07, 6.45) is 3.46. The van der Waals surface area contributed by atoms with Crippen LogP contribution in [0.1, 0.15) is 29.6 Å². The van der Waals surface area contributed by atoms with Gasteiger partial charge in [-0.1, -0.05) is 17.7 Å². The van der Waals surface area contributed by atoms with Gasteiger partial charge in [-0.05, 0) is 31.1 Å². The first kappa shape index (κ1) is 13.5. The average Bonchev–Trinajstić information content (AvgIpc) is 2.28. The number of hydrogen-bond donors (Lipinski definition) is 0. The summed E-state index contributed by atoms with van der Waals surface area (Å²) in [5.41, 5.74) is 0.510. The molecule has 0 fully saturated rings. The summed E-state index contributed by atoms with van der Waals surface area (Å²) < 4.78 is 5.14. The van der Waals surface area contributed by atoms with E-state index in [4.69, 9.17) is 16.3 Å². The SMILES string of the molecule is COc1cccc(Cl)c1C(=O)CCCCP. The van der Waals surface area contributed by atoms with Crippen molar-refractivity contribution >= 4 is 26.6 Å². The maximum Gasteiger partial charge on any atom is 0.168 e. The van der Waals surface area contributed by atoms with Crippen LogP contribution in [0, 0.1) is 0 Å². The third-order valence-corrected chi connectivity index (χ3v) is 3.06. The highest BCUT2D eigenvalue weighted by Gasteiger charge is 2.15. The van der Waals surface area contributed by atoms with Crippen molar-refractivity contribution in [1.82, 2.24) is 0 Å². The van der Waals surface area contributed by atoms with Gasteiger partial charge in [0.1, 0.15) is 5.75 Å². The Morgan fingerprint density at radius 3 is 2.81 bits per heavy atom. The van der Waals surface area contributed by atoms with Crippen molar-refractivity contribution in [3.8, 4) is 5.75 Å². The quantitative estimate of drug-likeness (QED) is 0.443. The van der Waals surface area contributed by atoms with E-state index in [1.807, 2.05) is 0 Å². The Kier molecular flexibility index (Phi) is 5.79. The van der Waals surface area contributed by atoms with E-state index < -0.39 is 0 Å². The molecule has 0 radical (unpaired) electrons. The van der Waals surface area contributed by atoms with Crippen LogP contribution in [-0.2, 0) is 0 Å². The van der Waals surface area contributed by atoms with Gasteiger partial charge in [-0.3, -0.25) is 4.79 Å². The number of methoxy groups -OCH3 is 1. The van der Waals surface area contributed by atoms with Crippen LogP contribution in [0.3, 0.4) is 0 Å². The predicted molar refractivity (Wildman–Crippen MR) is 70.8 cm³/mol. The van der Waals surface area contributed by atoms with E-state index in [-0.39, 0.29) is 5.78 Å². The Hall–Kier alpha value is -0.590. The lowest BCUT2D eigenvalue weighted by Gasteiger charge is -2.08. The number of carbonyl (C=O) groups excluding carboxylic acids is 1. The maximum absolute atomic E-state index is 11.9. The maximum atomic E-state index is 11.9. The first-order valence-electron chi connectivity index (χ1n) is 5.26. The van der Waals surface area contributed by atoms with Gasteiger partial charge in [-0.15, -0.1) is 9.24 Å². The molecule has 1 unspecified atom stereocenters. The molecule has 2 nitrogen and oxygen atoms in total. The Morgan fingerprint density at radius 1 is 1.44 bits per heavy atom. The van der Waals surface area contributed by atoms with Crippen LogP contribution in [0.2, 0.25) is 5.02 Å². The van der Waals surface area contributed by atoms with Gasteiger partial charge in [0.25, 0.3) is 0 Å². The van der Waals surface area contributed by atoms with Gasteiger partial charge < -0.3 is 4.74 Å². The van der Waals surface area contributed by atoms with Crippen LogP contribution in [0.15, 0.2) is 18.2 Å². The molecule has 0 aliphatic rings. The van der Waals surface area contributed by atoms with E-state index in [0.717, 1.165) is 19.0 Å². The van der Waals surface area contributed by atoms with Crippen LogP contribution in [-0.4, -0.2) is 19.1 Å². The van der Waals surface area contributed by atoms with Gasteiger partial charge in [0.05, 0.1) is 17.7 Å². The zero-order chi connectivity index (χ0) is 12.0. The molecule has 16 heavy (non-hydrogen) atoms. The van der Waals surface area contributed by atoms with Crippen molar-refractivity contribution in [3.05, 3.63) is 28.8 Å². The van der Waals surface area contributed by atoms with Crippen molar-refractivity contribution in [2.75, 3.05) is 13.3 Å². The van der Waals surface area contributed by atoms with Gasteiger partial charge in [0.15, 0.2) is 5.78 Å². The molecule has 0 aromatic heterocycles. The summed E-state index contributed by atoms with van der Waals surface area (Å²) in [5.74, 6) is 0.615. The molecule has 1 atom stereocenters. The van der Waals surface area contributed by atoms with E-state index in [9.17, 15) is 4.79 Å². The van der Waals surface area contributed by atoms with Crippen LogP contribution < -0.4 is 4.74 Å². The molecule has 0 bridgehead atoms. The van der Waals surface area contributed by atoms with Crippen molar-refractivity contribution in [2.45, 2.75) is 19.3 Å². The summed E-state index contributed by atoms with van der Waals surface area (Å²) >= 11 is 6.01. The summed E-state index contributed by atoms with van der Waals surface area (Å²) in [6, 6.07) is 5.25. The van der Waals surface area contributed by atoms with Gasteiger partial charge in [0, 0.05) is 6.42 Å². The van der Waals surface area contributed by atoms with Crippen molar-refractivity contribution < 1.29 is 9.53 Å². The van der Waals surface area contributed by atoms with Gasteiger partial charge in [0.2, 0.25) is 0 Å². The number of benzene rings is 1. The molecule has 0 aliphatic heterocycles. The molecule has 0 aliphatic carbocycles. The molecule has 0 N–H and O–H groups in total. The number of ether oxygens (including phenoxy) is 1. The molecule has 88 valence electrons. The lowest BCUT2D eigenvalue weighted by molar-refractivity contribution is 0.0977. The standard InChI is InChI=1S/C12H16ClO2P/c1-15-11-7-4-5-9(13)12(11)10(14)6-2-3-8-16/h4-5,7H,2-3,6,8,16H2,1H3. The van der Waals surface area contributed by atoms with E-state index in [1.165, 1.54) is 0 Å². The highest BCUT2D eigenvalue weighted by molar-refractivity contribution is 7.16. The number of carbonyl (C=O) groups is 1. The Bertz CT molecular complexity index is 366. The normalized spacial score (nSPS) is 10.2. The molecule has 0 spiro atoms. The highest BCUT2D eigenvalue weighted by atomic mass is 35.5.